The standard InChI is InChI=1S/C34H48O11/c1-16-11-26(45-30(41)20(16)14-35)34(4,42)24-8-7-21-19-6-5-17-12-18(43-31-29(40)28(39)27(38)23(15-36)44-31)13-25(37)33(17,3)22(19)9-10-32(21,24)2/h5,7,18-19,22-24,26-29,31,35-36,38-40,42H,6,8-15H2,1-4H3. The van der Waals surface area contributed by atoms with Crippen LogP contribution in [0.4, 0.5) is 0 Å². The Morgan fingerprint density at radius 3 is 2.42 bits per heavy atom. The maximum Gasteiger partial charge on any atom is 0.336 e. The molecule has 6 N–H and O–H groups in total. The maximum absolute atomic E-state index is 14.0. The third kappa shape index (κ3) is 5.01. The van der Waals surface area contributed by atoms with E-state index in [-0.39, 0.29) is 47.6 Å². The first-order valence-electron chi connectivity index (χ1n) is 16.3. The van der Waals surface area contributed by atoms with Gasteiger partial charge in [-0.25, -0.2) is 4.79 Å². The average Bonchev–Trinajstić information content (AvgIpc) is 3.36. The van der Waals surface area contributed by atoms with E-state index in [1.807, 2.05) is 6.92 Å². The van der Waals surface area contributed by atoms with Gasteiger partial charge in [-0.3, -0.25) is 4.79 Å². The minimum absolute atomic E-state index is 0.0473. The minimum Gasteiger partial charge on any atom is -0.456 e. The van der Waals surface area contributed by atoms with Crippen LogP contribution in [-0.4, -0.2) is 104 Å². The molecule has 13 unspecified atom stereocenters. The summed E-state index contributed by atoms with van der Waals surface area (Å²) in [4.78, 5) is 26.6. The Balaban J connectivity index is 1.19. The Hall–Kier alpha value is -1.96. The number of aliphatic hydroxyl groups excluding tert-OH is 5. The van der Waals surface area contributed by atoms with E-state index in [0.717, 1.165) is 30.4 Å². The van der Waals surface area contributed by atoms with Gasteiger partial charge in [-0.05, 0) is 70.1 Å². The van der Waals surface area contributed by atoms with Crippen LogP contribution < -0.4 is 0 Å². The number of Topliss-reactive ketones (excluding diaryl/α,β-unsaturated/α-hetero) is 1. The smallest absolute Gasteiger partial charge is 0.336 e. The molecule has 6 rings (SSSR count). The summed E-state index contributed by atoms with van der Waals surface area (Å²) in [5, 5.41) is 61.9. The van der Waals surface area contributed by atoms with E-state index >= 15 is 0 Å². The lowest BCUT2D eigenvalue weighted by molar-refractivity contribution is -0.311. The van der Waals surface area contributed by atoms with Gasteiger partial charge < -0.3 is 44.8 Å². The van der Waals surface area contributed by atoms with Crippen LogP contribution in [0.25, 0.3) is 0 Å². The second kappa shape index (κ2) is 11.6. The molecule has 11 heteroatoms. The third-order valence-electron chi connectivity index (χ3n) is 12.5. The van der Waals surface area contributed by atoms with Crippen LogP contribution in [0.3, 0.4) is 0 Å². The van der Waals surface area contributed by atoms with Crippen molar-refractivity contribution in [1.29, 1.82) is 0 Å². The largest absolute Gasteiger partial charge is 0.456 e. The van der Waals surface area contributed by atoms with Crippen molar-refractivity contribution >= 4 is 11.8 Å². The molecule has 0 spiro atoms. The molecule has 0 aromatic rings. The van der Waals surface area contributed by atoms with Crippen molar-refractivity contribution in [3.63, 3.8) is 0 Å². The van der Waals surface area contributed by atoms with Crippen molar-refractivity contribution < 1.29 is 54.4 Å². The van der Waals surface area contributed by atoms with Crippen molar-refractivity contribution in [2.24, 2.45) is 28.6 Å². The maximum atomic E-state index is 14.0. The highest BCUT2D eigenvalue weighted by molar-refractivity contribution is 5.91. The molecule has 4 aliphatic carbocycles. The van der Waals surface area contributed by atoms with E-state index in [0.29, 0.717) is 19.3 Å². The van der Waals surface area contributed by atoms with Crippen LogP contribution in [-0.2, 0) is 23.8 Å². The van der Waals surface area contributed by atoms with Gasteiger partial charge in [0.15, 0.2) is 6.29 Å². The number of fused-ring (bicyclic) bond motifs is 5. The molecule has 13 atom stereocenters. The summed E-state index contributed by atoms with van der Waals surface area (Å²) >= 11 is 0. The SMILES string of the molecule is CC1=C(CO)C(=O)OC(C(C)(O)C2CC=C3C4CC=C5CC(OC6OC(CO)C(O)C(O)C6O)CC(=O)C5(C)C4CCC32C)C1. The predicted octanol–water partition coefficient (Wildman–Crippen LogP) is 1.22. The van der Waals surface area contributed by atoms with E-state index in [4.69, 9.17) is 14.2 Å². The zero-order valence-electron chi connectivity index (χ0n) is 26.5. The van der Waals surface area contributed by atoms with Crippen LogP contribution in [0.5, 0.6) is 0 Å². The fourth-order valence-corrected chi connectivity index (χ4v) is 9.74. The summed E-state index contributed by atoms with van der Waals surface area (Å²) in [5.74, 6) is -0.508. The number of carbonyl (C=O) groups excluding carboxylic acids is 2. The van der Waals surface area contributed by atoms with Crippen LogP contribution in [0.1, 0.15) is 72.6 Å². The Labute approximate surface area is 263 Å². The normalized spacial score (nSPS) is 46.4. The Morgan fingerprint density at radius 2 is 1.76 bits per heavy atom. The molecule has 250 valence electrons. The molecular formula is C34H48O11. The van der Waals surface area contributed by atoms with E-state index < -0.39 is 66.5 Å². The quantitative estimate of drug-likeness (QED) is 0.183. The number of hydrogen-bond donors (Lipinski definition) is 6. The first-order valence-corrected chi connectivity index (χ1v) is 16.3. The topological polar surface area (TPSA) is 183 Å². The molecule has 11 nitrogen and oxygen atoms in total. The number of hydrogen-bond acceptors (Lipinski definition) is 11. The van der Waals surface area contributed by atoms with Crippen LogP contribution in [0.15, 0.2) is 34.4 Å². The van der Waals surface area contributed by atoms with Crippen molar-refractivity contribution in [1.82, 2.24) is 0 Å². The van der Waals surface area contributed by atoms with Crippen molar-refractivity contribution in [2.75, 3.05) is 13.2 Å². The average molecular weight is 633 g/mol. The van der Waals surface area contributed by atoms with Crippen molar-refractivity contribution in [2.45, 2.75) is 121 Å². The van der Waals surface area contributed by atoms with Crippen molar-refractivity contribution in [3.05, 3.63) is 34.4 Å². The number of aliphatic hydroxyl groups is 6. The molecule has 0 aromatic heterocycles. The highest BCUT2D eigenvalue weighted by atomic mass is 16.7. The summed E-state index contributed by atoms with van der Waals surface area (Å²) in [5.41, 5.74) is 0.932. The molecular weight excluding hydrogens is 584 g/mol. The van der Waals surface area contributed by atoms with Gasteiger partial charge in [0.25, 0.3) is 0 Å². The third-order valence-corrected chi connectivity index (χ3v) is 12.5. The van der Waals surface area contributed by atoms with Crippen LogP contribution >= 0.6 is 0 Å². The van der Waals surface area contributed by atoms with Crippen LogP contribution in [0.2, 0.25) is 0 Å². The predicted molar refractivity (Wildman–Crippen MR) is 159 cm³/mol. The molecule has 45 heavy (non-hydrogen) atoms. The monoisotopic (exact) mass is 632 g/mol. The van der Waals surface area contributed by atoms with Gasteiger partial charge in [-0.1, -0.05) is 35.8 Å². The van der Waals surface area contributed by atoms with E-state index in [1.54, 1.807) is 13.8 Å². The molecule has 6 aliphatic rings. The van der Waals surface area contributed by atoms with Gasteiger partial charge in [0.1, 0.15) is 41.9 Å². The number of ketones is 1. The molecule has 0 aromatic carbocycles. The number of ether oxygens (including phenoxy) is 3. The van der Waals surface area contributed by atoms with Gasteiger partial charge in [-0.2, -0.15) is 0 Å². The lowest BCUT2D eigenvalue weighted by atomic mass is 9.47. The summed E-state index contributed by atoms with van der Waals surface area (Å²) in [6.07, 6.45) is 0.0297. The van der Waals surface area contributed by atoms with Gasteiger partial charge in [0.05, 0.1) is 30.3 Å². The second-order valence-corrected chi connectivity index (χ2v) is 14.8. The summed E-state index contributed by atoms with van der Waals surface area (Å²) in [7, 11) is 0. The minimum atomic E-state index is -1.55. The van der Waals surface area contributed by atoms with Gasteiger partial charge in [0, 0.05) is 18.8 Å². The Kier molecular flexibility index (Phi) is 8.52. The van der Waals surface area contributed by atoms with Gasteiger partial charge in [0.2, 0.25) is 0 Å². The highest BCUT2D eigenvalue weighted by Crippen LogP contribution is 2.65. The Bertz CT molecular complexity index is 1310. The molecule has 2 aliphatic heterocycles. The first kappa shape index (κ1) is 33.0. The van der Waals surface area contributed by atoms with Crippen molar-refractivity contribution in [3.8, 4) is 0 Å². The molecule has 3 fully saturated rings. The molecule has 2 saturated carbocycles. The Morgan fingerprint density at radius 1 is 1.02 bits per heavy atom. The number of allylic oxidation sites excluding steroid dienone is 3. The highest BCUT2D eigenvalue weighted by Gasteiger charge is 2.62. The molecule has 0 radical (unpaired) electrons. The van der Waals surface area contributed by atoms with Gasteiger partial charge in [-0.15, -0.1) is 0 Å². The first-order chi connectivity index (χ1) is 21.2. The second-order valence-electron chi connectivity index (χ2n) is 14.8. The molecule has 1 saturated heterocycles. The summed E-state index contributed by atoms with van der Waals surface area (Å²) < 4.78 is 17.3. The molecule has 0 bridgehead atoms. The summed E-state index contributed by atoms with van der Waals surface area (Å²) in [6, 6.07) is 0. The van der Waals surface area contributed by atoms with E-state index in [9.17, 15) is 40.2 Å². The number of esters is 1. The zero-order valence-corrected chi connectivity index (χ0v) is 26.5. The number of rotatable bonds is 6. The number of carbonyl (C=O) groups is 2. The van der Waals surface area contributed by atoms with Gasteiger partial charge >= 0.3 is 5.97 Å². The lowest BCUT2D eigenvalue weighted by Gasteiger charge is -2.57. The van der Waals surface area contributed by atoms with E-state index in [1.165, 1.54) is 5.57 Å². The number of cyclic esters (lactones) is 1. The van der Waals surface area contributed by atoms with Crippen LogP contribution in [0, 0.1) is 28.6 Å². The van der Waals surface area contributed by atoms with E-state index in [2.05, 4.69) is 19.1 Å². The summed E-state index contributed by atoms with van der Waals surface area (Å²) in [6.45, 7) is 6.85. The molecule has 0 amide bonds. The fraction of sp³-hybridized carbons (Fsp3) is 0.765. The zero-order chi connectivity index (χ0) is 32.6. The lowest BCUT2D eigenvalue weighted by Crippen LogP contribution is -2.60. The fourth-order valence-electron chi connectivity index (χ4n) is 9.74. The molecule has 2 heterocycles.